The summed E-state index contributed by atoms with van der Waals surface area (Å²) in [6, 6.07) is 0.710. The number of hydrogen-bond acceptors (Lipinski definition) is 4. The van der Waals surface area contributed by atoms with Gasteiger partial charge in [-0.2, -0.15) is 0 Å². The smallest absolute Gasteiger partial charge is 0.0628 e. The molecule has 0 radical (unpaired) electrons. The van der Waals surface area contributed by atoms with E-state index in [9.17, 15) is 5.11 Å². The van der Waals surface area contributed by atoms with Crippen LogP contribution >= 0.6 is 0 Å². The Labute approximate surface area is 130 Å². The van der Waals surface area contributed by atoms with Crippen molar-refractivity contribution < 1.29 is 5.11 Å². The molecule has 2 aliphatic rings. The van der Waals surface area contributed by atoms with Crippen LogP contribution in [0.3, 0.4) is 0 Å². The first-order valence-electron chi connectivity index (χ1n) is 8.93. The molecule has 2 atom stereocenters. The normalized spacial score (nSPS) is 26.4. The first kappa shape index (κ1) is 17.2. The summed E-state index contributed by atoms with van der Waals surface area (Å²) in [5.74, 6) is 0.669. The minimum atomic E-state index is -0.0690. The van der Waals surface area contributed by atoms with Crippen molar-refractivity contribution in [3.05, 3.63) is 0 Å². The number of aliphatic hydroxyl groups is 1. The van der Waals surface area contributed by atoms with Gasteiger partial charge in [0.05, 0.1) is 12.1 Å². The second-order valence-electron chi connectivity index (χ2n) is 7.14. The standard InChI is InChI=1S/C17H35N3O/c1-4-10-18-17(14-21,15-8-9-15)13-19(3)12-16-7-6-11-20(16)5-2/h15-16,18,21H,4-14H2,1-3H3. The van der Waals surface area contributed by atoms with Gasteiger partial charge >= 0.3 is 0 Å². The summed E-state index contributed by atoms with van der Waals surface area (Å²) < 4.78 is 0. The van der Waals surface area contributed by atoms with E-state index in [1.54, 1.807) is 0 Å². The van der Waals surface area contributed by atoms with Crippen molar-refractivity contribution in [1.82, 2.24) is 15.1 Å². The van der Waals surface area contributed by atoms with Crippen LogP contribution in [0.5, 0.6) is 0 Å². The van der Waals surface area contributed by atoms with Crippen molar-refractivity contribution in [1.29, 1.82) is 0 Å². The molecule has 0 aromatic carbocycles. The summed E-state index contributed by atoms with van der Waals surface area (Å²) in [5.41, 5.74) is -0.0690. The Kier molecular flexibility index (Phi) is 6.48. The Morgan fingerprint density at radius 2 is 2.05 bits per heavy atom. The summed E-state index contributed by atoms with van der Waals surface area (Å²) in [7, 11) is 2.23. The zero-order chi connectivity index (χ0) is 15.3. The van der Waals surface area contributed by atoms with Gasteiger partial charge in [-0.1, -0.05) is 13.8 Å². The average molecular weight is 297 g/mol. The van der Waals surface area contributed by atoms with E-state index in [4.69, 9.17) is 0 Å². The lowest BCUT2D eigenvalue weighted by Crippen LogP contribution is -2.58. The van der Waals surface area contributed by atoms with E-state index in [1.165, 1.54) is 38.8 Å². The molecule has 4 heteroatoms. The van der Waals surface area contributed by atoms with Gasteiger partial charge < -0.3 is 15.3 Å². The van der Waals surface area contributed by atoms with Crippen molar-refractivity contribution in [3.8, 4) is 0 Å². The summed E-state index contributed by atoms with van der Waals surface area (Å²) in [5, 5.41) is 13.7. The van der Waals surface area contributed by atoms with Crippen LogP contribution in [0.2, 0.25) is 0 Å². The summed E-state index contributed by atoms with van der Waals surface area (Å²) in [6.45, 7) is 10.3. The number of likely N-dealkylation sites (N-methyl/N-ethyl adjacent to an activating group) is 2. The van der Waals surface area contributed by atoms with Crippen LogP contribution in [0.25, 0.3) is 0 Å². The number of likely N-dealkylation sites (tertiary alicyclic amines) is 1. The molecule has 1 aliphatic heterocycles. The molecule has 0 aromatic rings. The Hall–Kier alpha value is -0.160. The molecule has 2 N–H and O–H groups in total. The van der Waals surface area contributed by atoms with Gasteiger partial charge in [0.15, 0.2) is 0 Å². The van der Waals surface area contributed by atoms with Crippen LogP contribution in [0.1, 0.15) is 46.0 Å². The molecule has 0 bridgehead atoms. The molecule has 0 amide bonds. The van der Waals surface area contributed by atoms with Gasteiger partial charge in [0, 0.05) is 19.1 Å². The second kappa shape index (κ2) is 7.91. The summed E-state index contributed by atoms with van der Waals surface area (Å²) in [6.07, 6.45) is 6.35. The molecule has 1 saturated carbocycles. The molecule has 0 aromatic heterocycles. The lowest BCUT2D eigenvalue weighted by Gasteiger charge is -2.38. The maximum atomic E-state index is 10.0. The second-order valence-corrected chi connectivity index (χ2v) is 7.14. The van der Waals surface area contributed by atoms with Crippen molar-refractivity contribution in [3.63, 3.8) is 0 Å². The van der Waals surface area contributed by atoms with Crippen molar-refractivity contribution in [2.24, 2.45) is 5.92 Å². The molecular formula is C17H35N3O. The van der Waals surface area contributed by atoms with Crippen LogP contribution in [0.15, 0.2) is 0 Å². The van der Waals surface area contributed by atoms with Gasteiger partial charge in [-0.05, 0) is 64.7 Å². The van der Waals surface area contributed by atoms with Gasteiger partial charge in [-0.15, -0.1) is 0 Å². The van der Waals surface area contributed by atoms with Gasteiger partial charge in [-0.3, -0.25) is 4.90 Å². The monoisotopic (exact) mass is 297 g/mol. The molecular weight excluding hydrogens is 262 g/mol. The molecule has 0 spiro atoms. The van der Waals surface area contributed by atoms with Gasteiger partial charge in [-0.25, -0.2) is 0 Å². The molecule has 4 nitrogen and oxygen atoms in total. The molecule has 2 rings (SSSR count). The average Bonchev–Trinajstić information content (AvgIpc) is 3.25. The van der Waals surface area contributed by atoms with Crippen LogP contribution in [0, 0.1) is 5.92 Å². The largest absolute Gasteiger partial charge is 0.394 e. The quantitative estimate of drug-likeness (QED) is 0.642. The highest BCUT2D eigenvalue weighted by Gasteiger charge is 2.45. The number of hydrogen-bond donors (Lipinski definition) is 2. The first-order chi connectivity index (χ1) is 10.1. The van der Waals surface area contributed by atoms with Gasteiger partial charge in [0.25, 0.3) is 0 Å². The van der Waals surface area contributed by atoms with Gasteiger partial charge in [0.1, 0.15) is 0 Å². The van der Waals surface area contributed by atoms with E-state index in [2.05, 4.69) is 36.0 Å². The highest BCUT2D eigenvalue weighted by atomic mass is 16.3. The number of nitrogens with zero attached hydrogens (tertiary/aromatic N) is 2. The lowest BCUT2D eigenvalue weighted by atomic mass is 9.93. The Morgan fingerprint density at radius 1 is 1.29 bits per heavy atom. The number of nitrogens with one attached hydrogen (secondary N) is 1. The third kappa shape index (κ3) is 4.41. The molecule has 124 valence electrons. The van der Waals surface area contributed by atoms with Crippen molar-refractivity contribution in [2.45, 2.75) is 57.5 Å². The van der Waals surface area contributed by atoms with Crippen molar-refractivity contribution in [2.75, 3.05) is 46.4 Å². The summed E-state index contributed by atoms with van der Waals surface area (Å²) >= 11 is 0. The minimum Gasteiger partial charge on any atom is -0.394 e. The molecule has 1 saturated heterocycles. The topological polar surface area (TPSA) is 38.7 Å². The Bertz CT molecular complexity index is 308. The predicted octanol–water partition coefficient (Wildman–Crippen LogP) is 1.54. The number of aliphatic hydroxyl groups excluding tert-OH is 1. The zero-order valence-corrected chi connectivity index (χ0v) is 14.3. The van der Waals surface area contributed by atoms with Crippen LogP contribution < -0.4 is 5.32 Å². The van der Waals surface area contributed by atoms with E-state index >= 15 is 0 Å². The fourth-order valence-electron chi connectivity index (χ4n) is 4.00. The van der Waals surface area contributed by atoms with E-state index in [0.717, 1.165) is 26.1 Å². The molecule has 21 heavy (non-hydrogen) atoms. The Balaban J connectivity index is 1.89. The van der Waals surface area contributed by atoms with Crippen LogP contribution in [-0.2, 0) is 0 Å². The van der Waals surface area contributed by atoms with Gasteiger partial charge in [0.2, 0.25) is 0 Å². The third-order valence-corrected chi connectivity index (χ3v) is 5.35. The van der Waals surface area contributed by atoms with Crippen molar-refractivity contribution >= 4 is 0 Å². The lowest BCUT2D eigenvalue weighted by molar-refractivity contribution is 0.0892. The molecule has 1 heterocycles. The zero-order valence-electron chi connectivity index (χ0n) is 14.3. The van der Waals surface area contributed by atoms with E-state index < -0.39 is 0 Å². The molecule has 2 unspecified atom stereocenters. The first-order valence-corrected chi connectivity index (χ1v) is 8.93. The Morgan fingerprint density at radius 3 is 2.62 bits per heavy atom. The highest BCUT2D eigenvalue weighted by Crippen LogP contribution is 2.40. The van der Waals surface area contributed by atoms with E-state index in [-0.39, 0.29) is 12.1 Å². The molecule has 2 fully saturated rings. The fourth-order valence-corrected chi connectivity index (χ4v) is 4.00. The van der Waals surface area contributed by atoms with Crippen LogP contribution in [0.4, 0.5) is 0 Å². The minimum absolute atomic E-state index is 0.0690. The third-order valence-electron chi connectivity index (χ3n) is 5.35. The predicted molar refractivity (Wildman–Crippen MR) is 88.6 cm³/mol. The maximum Gasteiger partial charge on any atom is 0.0628 e. The summed E-state index contributed by atoms with van der Waals surface area (Å²) in [4.78, 5) is 5.06. The fraction of sp³-hybridized carbons (Fsp3) is 1.00. The molecule has 1 aliphatic carbocycles. The van der Waals surface area contributed by atoms with Crippen LogP contribution in [-0.4, -0.2) is 72.9 Å². The van der Waals surface area contributed by atoms with E-state index in [0.29, 0.717) is 12.0 Å². The maximum absolute atomic E-state index is 10.0. The van der Waals surface area contributed by atoms with E-state index in [1.807, 2.05) is 0 Å². The number of rotatable bonds is 10. The highest BCUT2D eigenvalue weighted by molar-refractivity contribution is 5.03. The SMILES string of the molecule is CCCNC(CO)(CN(C)CC1CCCN1CC)C1CC1.